The number of halogens is 2. The molecule has 1 amide bonds. The summed E-state index contributed by atoms with van der Waals surface area (Å²) in [5, 5.41) is 2.49. The third-order valence-corrected chi connectivity index (χ3v) is 3.17. The van der Waals surface area contributed by atoms with Gasteiger partial charge in [-0.1, -0.05) is 0 Å². The number of pyridine rings is 3. The summed E-state index contributed by atoms with van der Waals surface area (Å²) in [5.74, 6) is -1.31. The molecular formula is C17H12F2N6O2. The fourth-order valence-corrected chi connectivity index (χ4v) is 2.05. The lowest BCUT2D eigenvalue weighted by Crippen LogP contribution is -2.14. The van der Waals surface area contributed by atoms with Crippen molar-refractivity contribution in [1.82, 2.24) is 15.0 Å². The molecule has 3 rings (SSSR count). The van der Waals surface area contributed by atoms with Gasteiger partial charge in [0.25, 0.3) is 5.91 Å². The number of hydrogen-bond acceptors (Lipinski definition) is 6. The highest BCUT2D eigenvalue weighted by Crippen LogP contribution is 2.26. The van der Waals surface area contributed by atoms with Gasteiger partial charge in [-0.3, -0.25) is 9.78 Å². The van der Waals surface area contributed by atoms with E-state index < -0.39 is 17.5 Å². The van der Waals surface area contributed by atoms with Crippen LogP contribution < -0.4 is 15.8 Å². The SMILES string of the molecule is N/C=N\c1ncc(Oc2cncc(F)c2)cc1C(=O)Nc1ccc(F)cn1. The van der Waals surface area contributed by atoms with E-state index in [1.807, 2.05) is 0 Å². The van der Waals surface area contributed by atoms with Gasteiger partial charge >= 0.3 is 0 Å². The van der Waals surface area contributed by atoms with Crippen LogP contribution in [0.5, 0.6) is 11.5 Å². The Morgan fingerprint density at radius 1 is 1.07 bits per heavy atom. The first-order valence-corrected chi connectivity index (χ1v) is 7.51. The van der Waals surface area contributed by atoms with Crippen molar-refractivity contribution in [2.45, 2.75) is 0 Å². The van der Waals surface area contributed by atoms with Gasteiger partial charge in [-0.2, -0.15) is 0 Å². The van der Waals surface area contributed by atoms with E-state index in [4.69, 9.17) is 10.5 Å². The molecule has 0 radical (unpaired) electrons. The number of ether oxygens (including phenoxy) is 1. The smallest absolute Gasteiger partial charge is 0.260 e. The van der Waals surface area contributed by atoms with Crippen LogP contribution in [0.4, 0.5) is 20.4 Å². The van der Waals surface area contributed by atoms with E-state index in [0.29, 0.717) is 0 Å². The van der Waals surface area contributed by atoms with Gasteiger partial charge in [0.1, 0.15) is 29.0 Å². The zero-order valence-corrected chi connectivity index (χ0v) is 13.6. The summed E-state index contributed by atoms with van der Waals surface area (Å²) in [4.78, 5) is 27.8. The Morgan fingerprint density at radius 2 is 1.89 bits per heavy atom. The Labute approximate surface area is 151 Å². The molecule has 3 N–H and O–H groups in total. The molecule has 10 heteroatoms. The van der Waals surface area contributed by atoms with E-state index in [0.717, 1.165) is 30.9 Å². The summed E-state index contributed by atoms with van der Waals surface area (Å²) in [6, 6.07) is 4.92. The van der Waals surface area contributed by atoms with Crippen LogP contribution in [0, 0.1) is 11.6 Å². The summed E-state index contributed by atoms with van der Waals surface area (Å²) >= 11 is 0. The van der Waals surface area contributed by atoms with Crippen LogP contribution in [0.1, 0.15) is 10.4 Å². The second-order valence-corrected chi connectivity index (χ2v) is 5.08. The van der Waals surface area contributed by atoms with Gasteiger partial charge in [-0.15, -0.1) is 0 Å². The van der Waals surface area contributed by atoms with Crippen molar-refractivity contribution in [3.05, 3.63) is 66.3 Å². The highest BCUT2D eigenvalue weighted by molar-refractivity contribution is 6.07. The maximum absolute atomic E-state index is 13.2. The minimum atomic E-state index is -0.620. The van der Waals surface area contributed by atoms with Gasteiger partial charge in [0.15, 0.2) is 5.82 Å². The Bertz CT molecular complexity index is 995. The molecule has 3 heterocycles. The van der Waals surface area contributed by atoms with Crippen LogP contribution in [0.3, 0.4) is 0 Å². The second kappa shape index (κ2) is 7.95. The number of hydrogen-bond donors (Lipinski definition) is 2. The molecule has 0 bridgehead atoms. The predicted molar refractivity (Wildman–Crippen MR) is 93.0 cm³/mol. The number of carbonyl (C=O) groups is 1. The lowest BCUT2D eigenvalue weighted by Gasteiger charge is -2.09. The van der Waals surface area contributed by atoms with Gasteiger partial charge in [0.05, 0.1) is 36.7 Å². The van der Waals surface area contributed by atoms with Crippen LogP contribution >= 0.6 is 0 Å². The van der Waals surface area contributed by atoms with Gasteiger partial charge < -0.3 is 15.8 Å². The average Bonchev–Trinajstić information content (AvgIpc) is 2.65. The molecule has 136 valence electrons. The third kappa shape index (κ3) is 4.57. The molecule has 0 aliphatic heterocycles. The molecule has 0 saturated carbocycles. The Morgan fingerprint density at radius 3 is 2.59 bits per heavy atom. The Hall–Kier alpha value is -3.95. The molecule has 27 heavy (non-hydrogen) atoms. The monoisotopic (exact) mass is 370 g/mol. The average molecular weight is 370 g/mol. The minimum absolute atomic E-state index is 0.0182. The van der Waals surface area contributed by atoms with Crippen molar-refractivity contribution < 1.29 is 18.3 Å². The van der Waals surface area contributed by atoms with Gasteiger partial charge in [-0.25, -0.2) is 23.7 Å². The molecule has 8 nitrogen and oxygen atoms in total. The van der Waals surface area contributed by atoms with Crippen LogP contribution in [0.2, 0.25) is 0 Å². The van der Waals surface area contributed by atoms with Crippen LogP contribution in [-0.2, 0) is 0 Å². The number of nitrogens with two attached hydrogens (primary N) is 1. The Kier molecular flexibility index (Phi) is 5.26. The number of aliphatic imine (C=N–C) groups is 1. The second-order valence-electron chi connectivity index (χ2n) is 5.08. The van der Waals surface area contributed by atoms with Crippen molar-refractivity contribution in [1.29, 1.82) is 0 Å². The highest BCUT2D eigenvalue weighted by Gasteiger charge is 2.15. The van der Waals surface area contributed by atoms with Crippen LogP contribution in [-0.4, -0.2) is 27.2 Å². The highest BCUT2D eigenvalue weighted by atomic mass is 19.1. The van der Waals surface area contributed by atoms with E-state index in [1.165, 1.54) is 24.5 Å². The number of nitrogens with one attached hydrogen (secondary N) is 1. The maximum atomic E-state index is 13.2. The normalized spacial score (nSPS) is 10.7. The van der Waals surface area contributed by atoms with Crippen molar-refractivity contribution in [2.75, 3.05) is 5.32 Å². The van der Waals surface area contributed by atoms with E-state index >= 15 is 0 Å². The topological polar surface area (TPSA) is 115 Å². The fourth-order valence-electron chi connectivity index (χ4n) is 2.05. The van der Waals surface area contributed by atoms with Gasteiger partial charge in [0, 0.05) is 6.07 Å². The summed E-state index contributed by atoms with van der Waals surface area (Å²) in [6.45, 7) is 0. The summed E-state index contributed by atoms with van der Waals surface area (Å²) < 4.78 is 31.6. The van der Waals surface area contributed by atoms with Gasteiger partial charge in [0.2, 0.25) is 0 Å². The van der Waals surface area contributed by atoms with Crippen LogP contribution in [0.25, 0.3) is 0 Å². The Balaban J connectivity index is 1.89. The van der Waals surface area contributed by atoms with Crippen molar-refractivity contribution >= 4 is 23.9 Å². The molecule has 0 fully saturated rings. The molecule has 0 aliphatic carbocycles. The first-order valence-electron chi connectivity index (χ1n) is 7.51. The fraction of sp³-hybridized carbons (Fsp3) is 0. The molecular weight excluding hydrogens is 358 g/mol. The van der Waals surface area contributed by atoms with Crippen LogP contribution in [0.15, 0.2) is 54.0 Å². The standard InChI is InChI=1S/C17H12F2N6O2/c18-10-1-2-15(22-6-10)25-17(26)14-4-13(8-23-16(14)24-9-20)27-12-3-11(19)5-21-7-12/h1-9H,(H2,20,23,24)(H,22,25,26). The van der Waals surface area contributed by atoms with Crippen molar-refractivity contribution in [3.8, 4) is 11.5 Å². The number of aromatic nitrogens is 3. The van der Waals surface area contributed by atoms with E-state index in [-0.39, 0.29) is 28.7 Å². The zero-order chi connectivity index (χ0) is 19.2. The maximum Gasteiger partial charge on any atom is 0.260 e. The number of rotatable bonds is 5. The number of anilines is 1. The lowest BCUT2D eigenvalue weighted by atomic mass is 10.2. The first-order chi connectivity index (χ1) is 13.0. The molecule has 3 aromatic rings. The molecule has 0 atom stereocenters. The zero-order valence-electron chi connectivity index (χ0n) is 13.6. The molecule has 0 unspecified atom stereocenters. The summed E-state index contributed by atoms with van der Waals surface area (Å²) in [6.07, 6.45) is 5.56. The predicted octanol–water partition coefficient (Wildman–Crippen LogP) is 2.81. The van der Waals surface area contributed by atoms with E-state index in [9.17, 15) is 13.6 Å². The van der Waals surface area contributed by atoms with E-state index in [1.54, 1.807) is 0 Å². The molecule has 0 aliphatic rings. The van der Waals surface area contributed by atoms with Crippen molar-refractivity contribution in [3.63, 3.8) is 0 Å². The van der Waals surface area contributed by atoms with E-state index in [2.05, 4.69) is 25.3 Å². The number of nitrogens with zero attached hydrogens (tertiary/aromatic N) is 4. The summed E-state index contributed by atoms with van der Waals surface area (Å²) in [5.41, 5.74) is 5.30. The minimum Gasteiger partial charge on any atom is -0.454 e. The number of carbonyl (C=O) groups excluding carboxylic acids is 1. The lowest BCUT2D eigenvalue weighted by molar-refractivity contribution is 0.102. The molecule has 0 spiro atoms. The largest absolute Gasteiger partial charge is 0.454 e. The molecule has 0 aromatic carbocycles. The molecule has 3 aromatic heterocycles. The summed E-state index contributed by atoms with van der Waals surface area (Å²) in [7, 11) is 0. The van der Waals surface area contributed by atoms with Crippen molar-refractivity contribution in [2.24, 2.45) is 10.7 Å². The molecule has 0 saturated heterocycles. The number of amides is 1. The third-order valence-electron chi connectivity index (χ3n) is 3.17. The first kappa shape index (κ1) is 17.9. The quantitative estimate of drug-likeness (QED) is 0.527. The van der Waals surface area contributed by atoms with Gasteiger partial charge in [-0.05, 0) is 18.2 Å².